The maximum Gasteiger partial charge on any atom is 0.259 e. The monoisotopic (exact) mass is 395 g/mol. The third-order valence-corrected chi connectivity index (χ3v) is 4.73. The molecular formula is C23H22ClNO3. The molecule has 0 aliphatic carbocycles. The van der Waals surface area contributed by atoms with E-state index in [9.17, 15) is 9.59 Å². The van der Waals surface area contributed by atoms with Crippen LogP contribution < -0.4 is 10.1 Å². The number of allylic oxidation sites excluding steroid dienone is 1. The van der Waals surface area contributed by atoms with Crippen molar-refractivity contribution in [1.82, 2.24) is 5.32 Å². The number of hydrogen-bond acceptors (Lipinski definition) is 3. The van der Waals surface area contributed by atoms with Crippen molar-refractivity contribution in [2.45, 2.75) is 25.7 Å². The summed E-state index contributed by atoms with van der Waals surface area (Å²) in [5.41, 5.74) is 2.52. The average molecular weight is 396 g/mol. The highest BCUT2D eigenvalue weighted by atomic mass is 35.5. The Kier molecular flexibility index (Phi) is 6.66. The van der Waals surface area contributed by atoms with Gasteiger partial charge in [0.15, 0.2) is 5.78 Å². The van der Waals surface area contributed by atoms with Crippen LogP contribution in [0.5, 0.6) is 5.75 Å². The lowest BCUT2D eigenvalue weighted by Gasteiger charge is -2.16. The minimum atomic E-state index is -0.434. The number of benzene rings is 2. The van der Waals surface area contributed by atoms with E-state index in [4.69, 9.17) is 16.3 Å². The van der Waals surface area contributed by atoms with E-state index in [0.29, 0.717) is 28.6 Å². The Morgan fingerprint density at radius 1 is 1.11 bits per heavy atom. The molecule has 144 valence electrons. The minimum Gasteiger partial charge on any atom is -0.492 e. The van der Waals surface area contributed by atoms with Crippen molar-refractivity contribution in [3.05, 3.63) is 82.5 Å². The number of rotatable bonds is 7. The minimum absolute atomic E-state index is 0.109. The van der Waals surface area contributed by atoms with Gasteiger partial charge < -0.3 is 10.1 Å². The van der Waals surface area contributed by atoms with Crippen molar-refractivity contribution in [3.63, 3.8) is 0 Å². The SMILES string of the molecule is C=C1CC(=O)/C(=C\c2ccc(OCCCCc3ccccc3)c(Cl)c2)C(=O)N1. The van der Waals surface area contributed by atoms with Crippen molar-refractivity contribution >= 4 is 29.4 Å². The molecule has 2 aromatic rings. The van der Waals surface area contributed by atoms with Crippen molar-refractivity contribution in [2.24, 2.45) is 0 Å². The van der Waals surface area contributed by atoms with Crippen molar-refractivity contribution in [3.8, 4) is 5.75 Å². The number of amides is 1. The molecule has 0 atom stereocenters. The van der Waals surface area contributed by atoms with Gasteiger partial charge in [-0.25, -0.2) is 0 Å². The molecule has 0 radical (unpaired) electrons. The molecule has 0 unspecified atom stereocenters. The van der Waals surface area contributed by atoms with Gasteiger partial charge in [-0.3, -0.25) is 9.59 Å². The molecule has 1 heterocycles. The van der Waals surface area contributed by atoms with Gasteiger partial charge in [-0.2, -0.15) is 0 Å². The highest BCUT2D eigenvalue weighted by molar-refractivity contribution is 6.32. The fourth-order valence-electron chi connectivity index (χ4n) is 2.98. The predicted molar refractivity (Wildman–Crippen MR) is 111 cm³/mol. The van der Waals surface area contributed by atoms with Crippen LogP contribution in [0, 0.1) is 0 Å². The highest BCUT2D eigenvalue weighted by Gasteiger charge is 2.25. The fourth-order valence-corrected chi connectivity index (χ4v) is 3.23. The first-order valence-electron chi connectivity index (χ1n) is 9.23. The van der Waals surface area contributed by atoms with Crippen LogP contribution in [-0.4, -0.2) is 18.3 Å². The van der Waals surface area contributed by atoms with Crippen molar-refractivity contribution < 1.29 is 14.3 Å². The summed E-state index contributed by atoms with van der Waals surface area (Å²) in [7, 11) is 0. The van der Waals surface area contributed by atoms with Gasteiger partial charge in [0, 0.05) is 5.70 Å². The summed E-state index contributed by atoms with van der Waals surface area (Å²) < 4.78 is 5.77. The highest BCUT2D eigenvalue weighted by Crippen LogP contribution is 2.27. The van der Waals surface area contributed by atoms with Gasteiger partial charge in [-0.15, -0.1) is 0 Å². The van der Waals surface area contributed by atoms with E-state index in [2.05, 4.69) is 24.0 Å². The Bertz CT molecular complexity index is 897. The van der Waals surface area contributed by atoms with E-state index < -0.39 is 5.91 Å². The van der Waals surface area contributed by atoms with E-state index in [1.165, 1.54) is 5.56 Å². The zero-order valence-electron chi connectivity index (χ0n) is 15.5. The topological polar surface area (TPSA) is 55.4 Å². The van der Waals surface area contributed by atoms with Crippen molar-refractivity contribution in [1.29, 1.82) is 0 Å². The molecule has 5 heteroatoms. The molecule has 1 amide bonds. The van der Waals surface area contributed by atoms with E-state index in [-0.39, 0.29) is 17.8 Å². The van der Waals surface area contributed by atoms with Crippen LogP contribution in [0.3, 0.4) is 0 Å². The van der Waals surface area contributed by atoms with Gasteiger partial charge in [0.05, 0.1) is 23.6 Å². The molecule has 2 aromatic carbocycles. The van der Waals surface area contributed by atoms with E-state index in [1.54, 1.807) is 24.3 Å². The molecule has 1 fully saturated rings. The van der Waals surface area contributed by atoms with Crippen molar-refractivity contribution in [2.75, 3.05) is 6.61 Å². The molecule has 1 N–H and O–H groups in total. The van der Waals surface area contributed by atoms with Crippen LogP contribution >= 0.6 is 11.6 Å². The lowest BCUT2D eigenvalue weighted by atomic mass is 9.99. The number of ether oxygens (including phenoxy) is 1. The standard InChI is InChI=1S/C23H22ClNO3/c1-16-13-21(26)19(23(27)25-16)14-18-10-11-22(20(24)15-18)28-12-6-5-9-17-7-3-2-4-8-17/h2-4,7-8,10-11,14-15H,1,5-6,9,12-13H2,(H,25,27)/b19-14+. The number of hydrogen-bond donors (Lipinski definition) is 1. The van der Waals surface area contributed by atoms with Gasteiger partial charge >= 0.3 is 0 Å². The van der Waals surface area contributed by atoms with Crippen LogP contribution in [0.4, 0.5) is 0 Å². The first kappa shape index (κ1) is 19.9. The molecule has 28 heavy (non-hydrogen) atoms. The lowest BCUT2D eigenvalue weighted by molar-refractivity contribution is -0.123. The maximum absolute atomic E-state index is 12.0. The molecule has 0 aromatic heterocycles. The summed E-state index contributed by atoms with van der Waals surface area (Å²) in [5, 5.41) is 3.03. The molecule has 0 bridgehead atoms. The summed E-state index contributed by atoms with van der Waals surface area (Å²) in [4.78, 5) is 24.0. The second-order valence-corrected chi connectivity index (χ2v) is 7.10. The van der Waals surface area contributed by atoms with E-state index in [1.807, 2.05) is 18.2 Å². The fraction of sp³-hybridized carbons (Fsp3) is 0.217. The zero-order valence-corrected chi connectivity index (χ0v) is 16.3. The van der Waals surface area contributed by atoms with Gasteiger partial charge in [0.25, 0.3) is 5.91 Å². The molecular weight excluding hydrogens is 374 g/mol. The lowest BCUT2D eigenvalue weighted by Crippen LogP contribution is -2.34. The average Bonchev–Trinajstić information content (AvgIpc) is 2.66. The molecule has 1 aliphatic rings. The largest absolute Gasteiger partial charge is 0.492 e. The van der Waals surface area contributed by atoms with Crippen LogP contribution in [0.25, 0.3) is 6.08 Å². The first-order valence-corrected chi connectivity index (χ1v) is 9.61. The van der Waals surface area contributed by atoms with Crippen LogP contribution in [0.15, 0.2) is 66.4 Å². The first-order chi connectivity index (χ1) is 13.5. The number of unbranched alkanes of at least 4 members (excludes halogenated alkanes) is 1. The summed E-state index contributed by atoms with van der Waals surface area (Å²) in [6.45, 7) is 4.20. The number of nitrogens with one attached hydrogen (secondary N) is 1. The maximum atomic E-state index is 12.0. The van der Waals surface area contributed by atoms with Gasteiger partial charge in [-0.05, 0) is 48.6 Å². The molecule has 0 saturated carbocycles. The zero-order chi connectivity index (χ0) is 19.9. The third kappa shape index (κ3) is 5.33. The Morgan fingerprint density at radius 3 is 2.61 bits per heavy atom. The molecule has 4 nitrogen and oxygen atoms in total. The summed E-state index contributed by atoms with van der Waals surface area (Å²) in [5.74, 6) is -0.0870. The number of carbonyl (C=O) groups is 2. The van der Waals surface area contributed by atoms with E-state index in [0.717, 1.165) is 19.3 Å². The number of Topliss-reactive ketones (excluding diaryl/α,β-unsaturated/α-hetero) is 1. The molecule has 3 rings (SSSR count). The Hall–Kier alpha value is -2.85. The van der Waals surface area contributed by atoms with E-state index >= 15 is 0 Å². The number of piperidine rings is 1. The smallest absolute Gasteiger partial charge is 0.259 e. The normalized spacial score (nSPS) is 15.6. The summed E-state index contributed by atoms with van der Waals surface area (Å²) in [6.07, 6.45) is 4.64. The molecule has 1 saturated heterocycles. The van der Waals surface area contributed by atoms with Gasteiger partial charge in [0.1, 0.15) is 5.75 Å². The Morgan fingerprint density at radius 2 is 1.89 bits per heavy atom. The quantitative estimate of drug-likeness (QED) is 0.419. The number of aryl methyl sites for hydroxylation is 1. The molecule has 0 spiro atoms. The van der Waals surface area contributed by atoms with Crippen LogP contribution in [0.2, 0.25) is 5.02 Å². The summed E-state index contributed by atoms with van der Waals surface area (Å²) >= 11 is 6.30. The molecule has 1 aliphatic heterocycles. The second-order valence-electron chi connectivity index (χ2n) is 6.70. The Labute approximate surface area is 169 Å². The van der Waals surface area contributed by atoms with Crippen LogP contribution in [0.1, 0.15) is 30.4 Å². The van der Waals surface area contributed by atoms with Gasteiger partial charge in [-0.1, -0.05) is 54.6 Å². The van der Waals surface area contributed by atoms with Gasteiger partial charge in [0.2, 0.25) is 0 Å². The van der Waals surface area contributed by atoms with Crippen LogP contribution in [-0.2, 0) is 16.0 Å². The number of halogens is 1. The third-order valence-electron chi connectivity index (χ3n) is 4.44. The number of ketones is 1. The predicted octanol–water partition coefficient (Wildman–Crippen LogP) is 4.73. The Balaban J connectivity index is 1.54. The second kappa shape index (κ2) is 9.38. The number of carbonyl (C=O) groups excluding carboxylic acids is 2. The summed E-state index contributed by atoms with van der Waals surface area (Å²) in [6, 6.07) is 15.6.